The zero-order chi connectivity index (χ0) is 7.56. The molecule has 10 heavy (non-hydrogen) atoms. The summed E-state index contributed by atoms with van der Waals surface area (Å²) in [6.07, 6.45) is 1.27. The standard InChI is InChI=1S/C6H9NO3/c7-5(8)4-2-1-3-10-6(4)9/h4H,1-3H2,(H2,7,8)/t4-/m1/s1. The molecule has 1 atom stereocenters. The molecule has 1 heterocycles. The summed E-state index contributed by atoms with van der Waals surface area (Å²) >= 11 is 0. The number of nitrogens with two attached hydrogens (primary N) is 1. The van der Waals surface area contributed by atoms with Gasteiger partial charge in [-0.3, -0.25) is 9.59 Å². The van der Waals surface area contributed by atoms with E-state index in [1.165, 1.54) is 0 Å². The highest BCUT2D eigenvalue weighted by Crippen LogP contribution is 2.13. The van der Waals surface area contributed by atoms with Gasteiger partial charge in [0.15, 0.2) is 0 Å². The Bertz CT molecular complexity index is 166. The molecule has 0 saturated carbocycles. The highest BCUT2D eigenvalue weighted by atomic mass is 16.5. The van der Waals surface area contributed by atoms with Gasteiger partial charge in [-0.25, -0.2) is 0 Å². The predicted molar refractivity (Wildman–Crippen MR) is 32.9 cm³/mol. The Labute approximate surface area is 58.3 Å². The third-order valence-electron chi connectivity index (χ3n) is 1.51. The molecule has 1 amide bonds. The molecule has 0 bridgehead atoms. The number of ether oxygens (including phenoxy) is 1. The van der Waals surface area contributed by atoms with Crippen molar-refractivity contribution in [1.29, 1.82) is 0 Å². The lowest BCUT2D eigenvalue weighted by molar-refractivity contribution is -0.156. The average molecular weight is 143 g/mol. The zero-order valence-corrected chi connectivity index (χ0v) is 5.50. The molecule has 0 aromatic heterocycles. The van der Waals surface area contributed by atoms with E-state index in [4.69, 9.17) is 5.73 Å². The molecule has 2 N–H and O–H groups in total. The molecule has 0 aliphatic carbocycles. The molecule has 0 unspecified atom stereocenters. The van der Waals surface area contributed by atoms with Gasteiger partial charge >= 0.3 is 5.97 Å². The number of hydrogen-bond donors (Lipinski definition) is 1. The molecule has 1 fully saturated rings. The molecule has 1 saturated heterocycles. The van der Waals surface area contributed by atoms with E-state index >= 15 is 0 Å². The number of carbonyl (C=O) groups excluding carboxylic acids is 2. The van der Waals surface area contributed by atoms with Crippen LogP contribution in [0.3, 0.4) is 0 Å². The molecular weight excluding hydrogens is 134 g/mol. The fourth-order valence-electron chi connectivity index (χ4n) is 0.937. The van der Waals surface area contributed by atoms with Gasteiger partial charge < -0.3 is 10.5 Å². The fraction of sp³-hybridized carbons (Fsp3) is 0.667. The number of rotatable bonds is 1. The summed E-state index contributed by atoms with van der Waals surface area (Å²) < 4.78 is 4.61. The molecular formula is C6H9NO3. The van der Waals surface area contributed by atoms with Crippen molar-refractivity contribution in [3.8, 4) is 0 Å². The van der Waals surface area contributed by atoms with E-state index in [1.54, 1.807) is 0 Å². The van der Waals surface area contributed by atoms with Crippen LogP contribution in [0.5, 0.6) is 0 Å². The predicted octanol–water partition coefficient (Wildman–Crippen LogP) is -0.575. The Hall–Kier alpha value is -1.06. The minimum absolute atomic E-state index is 0.419. The summed E-state index contributed by atoms with van der Waals surface area (Å²) in [5.41, 5.74) is 4.92. The monoisotopic (exact) mass is 143 g/mol. The van der Waals surface area contributed by atoms with Gasteiger partial charge in [0, 0.05) is 0 Å². The van der Waals surface area contributed by atoms with E-state index in [0.717, 1.165) is 6.42 Å². The van der Waals surface area contributed by atoms with Crippen LogP contribution in [-0.2, 0) is 14.3 Å². The Balaban J connectivity index is 2.56. The topological polar surface area (TPSA) is 69.4 Å². The Morgan fingerprint density at radius 2 is 2.40 bits per heavy atom. The van der Waals surface area contributed by atoms with Gasteiger partial charge in [-0.2, -0.15) is 0 Å². The summed E-state index contributed by atoms with van der Waals surface area (Å²) in [7, 11) is 0. The second-order valence-corrected chi connectivity index (χ2v) is 2.26. The SMILES string of the molecule is NC(=O)[C@H]1CCCOC1=O. The minimum Gasteiger partial charge on any atom is -0.465 e. The van der Waals surface area contributed by atoms with Crippen molar-refractivity contribution in [3.05, 3.63) is 0 Å². The maximum Gasteiger partial charge on any atom is 0.318 e. The maximum absolute atomic E-state index is 10.7. The third kappa shape index (κ3) is 1.26. The van der Waals surface area contributed by atoms with Gasteiger partial charge in [0.1, 0.15) is 5.92 Å². The van der Waals surface area contributed by atoms with E-state index in [1.807, 2.05) is 0 Å². The van der Waals surface area contributed by atoms with E-state index in [0.29, 0.717) is 13.0 Å². The zero-order valence-electron chi connectivity index (χ0n) is 5.50. The molecule has 4 heteroatoms. The number of primary amides is 1. The summed E-state index contributed by atoms with van der Waals surface area (Å²) in [4.78, 5) is 21.2. The van der Waals surface area contributed by atoms with Crippen LogP contribution in [0, 0.1) is 5.92 Å². The number of hydrogen-bond acceptors (Lipinski definition) is 3. The highest BCUT2D eigenvalue weighted by Gasteiger charge is 2.28. The first kappa shape index (κ1) is 7.05. The largest absolute Gasteiger partial charge is 0.465 e. The Morgan fingerprint density at radius 3 is 2.80 bits per heavy atom. The lowest BCUT2D eigenvalue weighted by atomic mass is 10.0. The van der Waals surface area contributed by atoms with Gasteiger partial charge in [0.05, 0.1) is 6.61 Å². The van der Waals surface area contributed by atoms with E-state index < -0.39 is 17.8 Å². The summed E-state index contributed by atoms with van der Waals surface area (Å²) in [5, 5.41) is 0. The summed E-state index contributed by atoms with van der Waals surface area (Å²) in [5.74, 6) is -1.75. The molecule has 0 radical (unpaired) electrons. The number of amides is 1. The van der Waals surface area contributed by atoms with Crippen molar-refractivity contribution < 1.29 is 14.3 Å². The van der Waals surface area contributed by atoms with Crippen molar-refractivity contribution in [2.24, 2.45) is 11.7 Å². The van der Waals surface area contributed by atoms with Crippen LogP contribution < -0.4 is 5.73 Å². The summed E-state index contributed by atoms with van der Waals surface area (Å²) in [6, 6.07) is 0. The molecule has 4 nitrogen and oxygen atoms in total. The molecule has 1 aliphatic heterocycles. The van der Waals surface area contributed by atoms with E-state index in [2.05, 4.69) is 4.74 Å². The molecule has 0 spiro atoms. The van der Waals surface area contributed by atoms with Crippen molar-refractivity contribution in [2.45, 2.75) is 12.8 Å². The minimum atomic E-state index is -0.700. The fourth-order valence-corrected chi connectivity index (χ4v) is 0.937. The first-order valence-corrected chi connectivity index (χ1v) is 3.18. The third-order valence-corrected chi connectivity index (χ3v) is 1.51. The molecule has 1 rings (SSSR count). The van der Waals surface area contributed by atoms with Crippen LogP contribution in [-0.4, -0.2) is 18.5 Å². The van der Waals surface area contributed by atoms with Crippen molar-refractivity contribution in [1.82, 2.24) is 0 Å². The van der Waals surface area contributed by atoms with Crippen LogP contribution in [0.4, 0.5) is 0 Å². The smallest absolute Gasteiger partial charge is 0.318 e. The normalized spacial score (nSPS) is 25.6. The van der Waals surface area contributed by atoms with Gasteiger partial charge in [0.2, 0.25) is 5.91 Å². The average Bonchev–Trinajstić information content (AvgIpc) is 1.88. The first-order valence-electron chi connectivity index (χ1n) is 3.18. The first-order chi connectivity index (χ1) is 4.72. The molecule has 0 aromatic carbocycles. The second-order valence-electron chi connectivity index (χ2n) is 2.26. The van der Waals surface area contributed by atoms with Gasteiger partial charge in [-0.05, 0) is 12.8 Å². The van der Waals surface area contributed by atoms with Crippen molar-refractivity contribution in [2.75, 3.05) is 6.61 Å². The quantitative estimate of drug-likeness (QED) is 0.394. The number of carbonyl (C=O) groups is 2. The van der Waals surface area contributed by atoms with Crippen LogP contribution in [0.2, 0.25) is 0 Å². The second kappa shape index (κ2) is 2.68. The Morgan fingerprint density at radius 1 is 1.70 bits per heavy atom. The van der Waals surface area contributed by atoms with E-state index in [-0.39, 0.29) is 0 Å². The summed E-state index contributed by atoms with van der Waals surface area (Å²) in [6.45, 7) is 0.419. The van der Waals surface area contributed by atoms with Gasteiger partial charge in [0.25, 0.3) is 0 Å². The van der Waals surface area contributed by atoms with Gasteiger partial charge in [-0.1, -0.05) is 0 Å². The lowest BCUT2D eigenvalue weighted by Gasteiger charge is -2.17. The van der Waals surface area contributed by atoms with Crippen molar-refractivity contribution in [3.63, 3.8) is 0 Å². The molecule has 1 aliphatic rings. The molecule has 0 aromatic rings. The highest BCUT2D eigenvalue weighted by molar-refractivity contribution is 5.97. The Kier molecular flexibility index (Phi) is 1.89. The number of esters is 1. The van der Waals surface area contributed by atoms with Crippen LogP contribution in [0.15, 0.2) is 0 Å². The van der Waals surface area contributed by atoms with Gasteiger partial charge in [-0.15, -0.1) is 0 Å². The van der Waals surface area contributed by atoms with Crippen LogP contribution >= 0.6 is 0 Å². The van der Waals surface area contributed by atoms with E-state index in [9.17, 15) is 9.59 Å². The maximum atomic E-state index is 10.7. The van der Waals surface area contributed by atoms with Crippen LogP contribution in [0.1, 0.15) is 12.8 Å². The van der Waals surface area contributed by atoms with Crippen molar-refractivity contribution >= 4 is 11.9 Å². The molecule has 56 valence electrons. The van der Waals surface area contributed by atoms with Crippen LogP contribution in [0.25, 0.3) is 0 Å². The lowest BCUT2D eigenvalue weighted by Crippen LogP contribution is -2.35. The number of cyclic esters (lactones) is 1.